The Morgan fingerprint density at radius 3 is 2.57 bits per heavy atom. The van der Waals surface area contributed by atoms with Gasteiger partial charge in [0.2, 0.25) is 5.91 Å². The molecule has 2 heterocycles. The van der Waals surface area contributed by atoms with Crippen LogP contribution in [0.4, 0.5) is 8.78 Å². The zero-order chi connectivity index (χ0) is 25.3. The zero-order valence-electron chi connectivity index (χ0n) is 18.1. The van der Waals surface area contributed by atoms with E-state index in [1.165, 1.54) is 47.4 Å². The molecule has 4 rings (SSSR count). The van der Waals surface area contributed by atoms with E-state index in [4.69, 9.17) is 23.8 Å². The molecule has 0 aromatic heterocycles. The molecule has 184 valence electrons. The van der Waals surface area contributed by atoms with Crippen LogP contribution in [0.25, 0.3) is 6.08 Å². The first-order valence-corrected chi connectivity index (χ1v) is 13.9. The molecule has 2 aliphatic heterocycles. The number of carbonyl (C=O) groups is 2. The molecule has 0 N–H and O–H groups in total. The average molecular weight is 557 g/mol. The van der Waals surface area contributed by atoms with Crippen molar-refractivity contribution in [1.29, 1.82) is 0 Å². The fourth-order valence-corrected chi connectivity index (χ4v) is 7.08. The van der Waals surface area contributed by atoms with E-state index in [0.29, 0.717) is 5.56 Å². The van der Waals surface area contributed by atoms with E-state index >= 15 is 0 Å². The number of benzene rings is 2. The molecule has 2 saturated heterocycles. The highest BCUT2D eigenvalue weighted by atomic mass is 35.5. The number of nitrogens with zero attached hydrogens (tertiary/aromatic N) is 2. The van der Waals surface area contributed by atoms with Crippen molar-refractivity contribution in [2.75, 3.05) is 18.1 Å². The smallest absolute Gasteiger partial charge is 0.266 e. The fraction of sp³-hybridized carbons (Fsp3) is 0.261. The summed E-state index contributed by atoms with van der Waals surface area (Å²) in [6.07, 6.45) is 1.74. The van der Waals surface area contributed by atoms with E-state index in [1.54, 1.807) is 6.08 Å². The maximum atomic E-state index is 14.5. The lowest BCUT2D eigenvalue weighted by Crippen LogP contribution is -2.47. The SMILES string of the molecule is O=C1/C(=C/c2ccc(F)cc2)SC(=S)N1CC(=O)N(Cc1c(F)cccc1Cl)C1CCS(=O)(=O)C1. The van der Waals surface area contributed by atoms with Crippen molar-refractivity contribution in [1.82, 2.24) is 9.80 Å². The van der Waals surface area contributed by atoms with Crippen LogP contribution < -0.4 is 0 Å². The number of sulfone groups is 1. The standard InChI is InChI=1S/C23H19ClF2N2O4S3/c24-18-2-1-3-19(26)17(18)11-27(16-8-9-35(31,32)13-16)21(29)12-28-22(30)20(34-23(28)33)10-14-4-6-15(25)7-5-14/h1-7,10,16H,8-9,11-13H2/b20-10-. The Morgan fingerprint density at radius 2 is 1.94 bits per heavy atom. The van der Waals surface area contributed by atoms with Gasteiger partial charge >= 0.3 is 0 Å². The number of thioether (sulfide) groups is 1. The van der Waals surface area contributed by atoms with Crippen molar-refractivity contribution in [3.05, 3.63) is 75.2 Å². The van der Waals surface area contributed by atoms with Gasteiger partial charge in [-0.2, -0.15) is 0 Å². The second kappa shape index (κ2) is 10.3. The van der Waals surface area contributed by atoms with Gasteiger partial charge in [0.1, 0.15) is 22.5 Å². The molecule has 6 nitrogen and oxygen atoms in total. The van der Waals surface area contributed by atoms with Crippen molar-refractivity contribution in [3.63, 3.8) is 0 Å². The van der Waals surface area contributed by atoms with E-state index < -0.39 is 45.9 Å². The maximum Gasteiger partial charge on any atom is 0.266 e. The molecule has 0 aliphatic carbocycles. The summed E-state index contributed by atoms with van der Waals surface area (Å²) >= 11 is 12.4. The second-order valence-electron chi connectivity index (χ2n) is 8.10. The van der Waals surface area contributed by atoms with E-state index in [1.807, 2.05) is 0 Å². The van der Waals surface area contributed by atoms with Crippen LogP contribution in [-0.2, 0) is 26.0 Å². The lowest BCUT2D eigenvalue weighted by molar-refractivity contribution is -0.137. The minimum Gasteiger partial charge on any atom is -0.333 e. The molecule has 35 heavy (non-hydrogen) atoms. The van der Waals surface area contributed by atoms with Crippen LogP contribution in [0, 0.1) is 11.6 Å². The molecule has 2 aromatic carbocycles. The Bertz CT molecular complexity index is 1310. The number of hydrogen-bond donors (Lipinski definition) is 0. The van der Waals surface area contributed by atoms with Crippen molar-refractivity contribution in [2.45, 2.75) is 19.0 Å². The van der Waals surface area contributed by atoms with Gasteiger partial charge in [-0.15, -0.1) is 0 Å². The summed E-state index contributed by atoms with van der Waals surface area (Å²) in [5.74, 6) is -2.46. The molecule has 1 unspecified atom stereocenters. The Kier molecular flexibility index (Phi) is 7.60. The first-order chi connectivity index (χ1) is 16.5. The lowest BCUT2D eigenvalue weighted by atomic mass is 10.1. The summed E-state index contributed by atoms with van der Waals surface area (Å²) in [6, 6.07) is 8.97. The summed E-state index contributed by atoms with van der Waals surface area (Å²) in [7, 11) is -3.35. The van der Waals surface area contributed by atoms with Gasteiger partial charge in [0.05, 0.1) is 23.0 Å². The third-order valence-corrected chi connectivity index (χ3v) is 9.18. The second-order valence-corrected chi connectivity index (χ2v) is 12.4. The molecule has 2 amide bonds. The van der Waals surface area contributed by atoms with E-state index in [2.05, 4.69) is 0 Å². The normalized spacial score (nSPS) is 20.6. The van der Waals surface area contributed by atoms with Gasteiger partial charge in [-0.25, -0.2) is 17.2 Å². The summed E-state index contributed by atoms with van der Waals surface area (Å²) in [4.78, 5) is 29.0. The van der Waals surface area contributed by atoms with E-state index in [0.717, 1.165) is 16.7 Å². The van der Waals surface area contributed by atoms with Crippen molar-refractivity contribution < 1.29 is 26.8 Å². The monoisotopic (exact) mass is 556 g/mol. The maximum absolute atomic E-state index is 14.5. The summed E-state index contributed by atoms with van der Waals surface area (Å²) in [5, 5.41) is 0.108. The highest BCUT2D eigenvalue weighted by Crippen LogP contribution is 2.33. The highest BCUT2D eigenvalue weighted by Gasteiger charge is 2.39. The Morgan fingerprint density at radius 1 is 1.23 bits per heavy atom. The number of rotatable bonds is 6. The molecule has 12 heteroatoms. The molecular formula is C23H19ClF2N2O4S3. The summed E-state index contributed by atoms with van der Waals surface area (Å²) < 4.78 is 52.0. The van der Waals surface area contributed by atoms with Crippen molar-refractivity contribution in [3.8, 4) is 0 Å². The molecule has 0 spiro atoms. The van der Waals surface area contributed by atoms with Crippen LogP contribution in [0.2, 0.25) is 5.02 Å². The van der Waals surface area contributed by atoms with Crippen LogP contribution in [0.5, 0.6) is 0 Å². The number of thiocarbonyl (C=S) groups is 1. The predicted octanol–water partition coefficient (Wildman–Crippen LogP) is 4.04. The van der Waals surface area contributed by atoms with Crippen LogP contribution in [0.3, 0.4) is 0 Å². The average Bonchev–Trinajstić information content (AvgIpc) is 3.28. The van der Waals surface area contributed by atoms with E-state index in [-0.39, 0.29) is 44.3 Å². The number of amides is 2. The number of carbonyl (C=O) groups excluding carboxylic acids is 2. The topological polar surface area (TPSA) is 74.8 Å². The third-order valence-electron chi connectivity index (χ3n) is 5.69. The molecule has 1 atom stereocenters. The van der Waals surface area contributed by atoms with Crippen molar-refractivity contribution in [2.24, 2.45) is 0 Å². The highest BCUT2D eigenvalue weighted by molar-refractivity contribution is 8.26. The van der Waals surface area contributed by atoms with Gasteiger partial charge in [-0.1, -0.05) is 53.8 Å². The van der Waals surface area contributed by atoms with Gasteiger partial charge in [-0.05, 0) is 42.3 Å². The fourth-order valence-electron chi connectivity index (χ4n) is 3.87. The number of hydrogen-bond acceptors (Lipinski definition) is 6. The minimum atomic E-state index is -3.35. The third kappa shape index (κ3) is 5.91. The van der Waals surface area contributed by atoms with Gasteiger partial charge in [0, 0.05) is 16.6 Å². The largest absolute Gasteiger partial charge is 0.333 e. The van der Waals surface area contributed by atoms with Crippen molar-refractivity contribution >= 4 is 67.6 Å². The Balaban J connectivity index is 1.57. The minimum absolute atomic E-state index is 0.0633. The summed E-state index contributed by atoms with van der Waals surface area (Å²) in [6.45, 7) is -0.682. The van der Waals surface area contributed by atoms with Crippen LogP contribution in [0.1, 0.15) is 17.5 Å². The number of halogens is 3. The molecule has 0 bridgehead atoms. The predicted molar refractivity (Wildman–Crippen MR) is 135 cm³/mol. The molecule has 2 aliphatic rings. The lowest BCUT2D eigenvalue weighted by Gasteiger charge is -2.30. The Labute approximate surface area is 215 Å². The first kappa shape index (κ1) is 25.7. The molecule has 2 fully saturated rings. The van der Waals surface area contributed by atoms with Crippen LogP contribution >= 0.6 is 35.6 Å². The first-order valence-electron chi connectivity index (χ1n) is 10.5. The van der Waals surface area contributed by atoms with Gasteiger partial charge in [-0.3, -0.25) is 14.5 Å². The molecule has 2 aromatic rings. The van der Waals surface area contributed by atoms with Gasteiger partial charge in [0.25, 0.3) is 5.91 Å². The zero-order valence-corrected chi connectivity index (χ0v) is 21.3. The van der Waals surface area contributed by atoms with E-state index in [9.17, 15) is 26.8 Å². The quantitative estimate of drug-likeness (QED) is 0.395. The summed E-state index contributed by atoms with van der Waals surface area (Å²) in [5.41, 5.74) is 0.651. The van der Waals surface area contributed by atoms with Crippen LogP contribution in [-0.4, -0.2) is 58.4 Å². The van der Waals surface area contributed by atoms with Gasteiger partial charge < -0.3 is 4.90 Å². The Hall–Kier alpha value is -2.34. The molecule has 0 saturated carbocycles. The molecule has 0 radical (unpaired) electrons. The van der Waals surface area contributed by atoms with Crippen LogP contribution in [0.15, 0.2) is 47.4 Å². The molecular weight excluding hydrogens is 538 g/mol. The van der Waals surface area contributed by atoms with Gasteiger partial charge in [0.15, 0.2) is 9.84 Å².